The van der Waals surface area contributed by atoms with Gasteiger partial charge in [0.15, 0.2) is 0 Å². The number of likely N-dealkylation sites (N-methyl/N-ethyl adjacent to an activating group) is 2. The van der Waals surface area contributed by atoms with E-state index in [1.54, 1.807) is 0 Å². The van der Waals surface area contributed by atoms with E-state index in [1.807, 2.05) is 11.9 Å². The molecule has 2 fully saturated rings. The van der Waals surface area contributed by atoms with Gasteiger partial charge in [0, 0.05) is 65.3 Å². The molecular weight excluding hydrogens is 228 g/mol. The molecule has 2 rings (SSSR count). The summed E-state index contributed by atoms with van der Waals surface area (Å²) in [5.41, 5.74) is 0. The second-order valence-corrected chi connectivity index (χ2v) is 5.61. The highest BCUT2D eigenvalue weighted by Crippen LogP contribution is 2.09. The molecular formula is C13H26N4O. The van der Waals surface area contributed by atoms with Gasteiger partial charge in [0.25, 0.3) is 0 Å². The Labute approximate surface area is 110 Å². The molecule has 5 heteroatoms. The summed E-state index contributed by atoms with van der Waals surface area (Å²) < 4.78 is 0. The average Bonchev–Trinajstić information content (AvgIpc) is 2.36. The third kappa shape index (κ3) is 3.93. The van der Waals surface area contributed by atoms with Gasteiger partial charge in [-0.3, -0.25) is 9.69 Å². The fraction of sp³-hybridized carbons (Fsp3) is 0.923. The molecule has 0 spiro atoms. The van der Waals surface area contributed by atoms with E-state index >= 15 is 0 Å². The van der Waals surface area contributed by atoms with Crippen LogP contribution in [0.2, 0.25) is 0 Å². The molecule has 1 N–H and O–H groups in total. The second-order valence-electron chi connectivity index (χ2n) is 5.61. The lowest BCUT2D eigenvalue weighted by atomic mass is 10.1. The Morgan fingerprint density at radius 1 is 1.22 bits per heavy atom. The smallest absolute Gasteiger partial charge is 0.222 e. The van der Waals surface area contributed by atoms with Crippen LogP contribution in [0.3, 0.4) is 0 Å². The van der Waals surface area contributed by atoms with Crippen molar-refractivity contribution in [2.45, 2.75) is 18.9 Å². The Bertz CT molecular complexity index is 276. The van der Waals surface area contributed by atoms with Crippen LogP contribution in [0.4, 0.5) is 0 Å². The Kier molecular flexibility index (Phi) is 4.97. The predicted molar refractivity (Wildman–Crippen MR) is 72.6 cm³/mol. The molecule has 104 valence electrons. The number of hydrogen-bond acceptors (Lipinski definition) is 4. The Morgan fingerprint density at radius 2 is 1.94 bits per heavy atom. The minimum absolute atomic E-state index is 0.284. The average molecular weight is 254 g/mol. The Morgan fingerprint density at radius 3 is 2.61 bits per heavy atom. The fourth-order valence-electron chi connectivity index (χ4n) is 2.68. The SMILES string of the molecule is CN1CCN(CCNC2CCC(=O)N(C)C2)CC1. The van der Waals surface area contributed by atoms with Gasteiger partial charge < -0.3 is 15.1 Å². The number of likely N-dealkylation sites (tertiary alicyclic amines) is 1. The number of carbonyl (C=O) groups is 1. The Hall–Kier alpha value is -0.650. The van der Waals surface area contributed by atoms with E-state index in [2.05, 4.69) is 22.2 Å². The number of amides is 1. The van der Waals surface area contributed by atoms with Crippen molar-refractivity contribution in [1.82, 2.24) is 20.0 Å². The summed E-state index contributed by atoms with van der Waals surface area (Å²) in [5, 5.41) is 3.58. The normalized spacial score (nSPS) is 27.8. The van der Waals surface area contributed by atoms with Crippen LogP contribution in [-0.2, 0) is 4.79 Å². The van der Waals surface area contributed by atoms with Gasteiger partial charge in [-0.2, -0.15) is 0 Å². The highest BCUT2D eigenvalue weighted by atomic mass is 16.2. The van der Waals surface area contributed by atoms with Crippen molar-refractivity contribution in [3.63, 3.8) is 0 Å². The fourth-order valence-corrected chi connectivity index (χ4v) is 2.68. The minimum Gasteiger partial charge on any atom is -0.344 e. The van der Waals surface area contributed by atoms with Crippen LogP contribution in [0, 0.1) is 0 Å². The van der Waals surface area contributed by atoms with Gasteiger partial charge in [-0.15, -0.1) is 0 Å². The summed E-state index contributed by atoms with van der Waals surface area (Å²) in [6.07, 6.45) is 1.69. The van der Waals surface area contributed by atoms with Gasteiger partial charge in [0.05, 0.1) is 0 Å². The number of piperazine rings is 1. The van der Waals surface area contributed by atoms with E-state index in [0.717, 1.165) is 26.1 Å². The molecule has 2 aliphatic rings. The third-order valence-electron chi connectivity index (χ3n) is 4.08. The van der Waals surface area contributed by atoms with E-state index in [9.17, 15) is 4.79 Å². The maximum atomic E-state index is 11.4. The first-order chi connectivity index (χ1) is 8.65. The van der Waals surface area contributed by atoms with Gasteiger partial charge in [-0.25, -0.2) is 0 Å². The zero-order chi connectivity index (χ0) is 13.0. The molecule has 0 radical (unpaired) electrons. The van der Waals surface area contributed by atoms with Crippen LogP contribution in [0.1, 0.15) is 12.8 Å². The molecule has 1 unspecified atom stereocenters. The molecule has 1 atom stereocenters. The number of nitrogens with zero attached hydrogens (tertiary/aromatic N) is 3. The van der Waals surface area contributed by atoms with Gasteiger partial charge in [0.2, 0.25) is 5.91 Å². The molecule has 18 heavy (non-hydrogen) atoms. The van der Waals surface area contributed by atoms with Crippen LogP contribution < -0.4 is 5.32 Å². The minimum atomic E-state index is 0.284. The van der Waals surface area contributed by atoms with Crippen LogP contribution in [0.15, 0.2) is 0 Å². The molecule has 5 nitrogen and oxygen atoms in total. The van der Waals surface area contributed by atoms with Crippen molar-refractivity contribution in [2.24, 2.45) is 0 Å². The molecule has 0 aromatic carbocycles. The lowest BCUT2D eigenvalue weighted by molar-refractivity contribution is -0.132. The summed E-state index contributed by atoms with van der Waals surface area (Å²) >= 11 is 0. The summed E-state index contributed by atoms with van der Waals surface area (Å²) in [7, 11) is 4.08. The first-order valence-electron chi connectivity index (χ1n) is 7.03. The summed E-state index contributed by atoms with van der Waals surface area (Å²) in [4.78, 5) is 18.1. The number of carbonyl (C=O) groups excluding carboxylic acids is 1. The van der Waals surface area contributed by atoms with Crippen LogP contribution in [0.25, 0.3) is 0 Å². The predicted octanol–water partition coefficient (Wildman–Crippen LogP) is -0.556. The van der Waals surface area contributed by atoms with Gasteiger partial charge in [-0.05, 0) is 13.5 Å². The summed E-state index contributed by atoms with van der Waals surface area (Å²) in [6, 6.07) is 0.486. The molecule has 1 amide bonds. The topological polar surface area (TPSA) is 38.8 Å². The third-order valence-corrected chi connectivity index (χ3v) is 4.08. The molecule has 2 aliphatic heterocycles. The quantitative estimate of drug-likeness (QED) is 0.730. The first-order valence-corrected chi connectivity index (χ1v) is 7.03. The van der Waals surface area contributed by atoms with Crippen molar-refractivity contribution in [1.29, 1.82) is 0 Å². The van der Waals surface area contributed by atoms with Crippen LogP contribution in [0.5, 0.6) is 0 Å². The maximum Gasteiger partial charge on any atom is 0.222 e. The van der Waals surface area contributed by atoms with Crippen molar-refractivity contribution in [3.05, 3.63) is 0 Å². The Balaban J connectivity index is 1.59. The highest BCUT2D eigenvalue weighted by molar-refractivity contribution is 5.76. The van der Waals surface area contributed by atoms with Crippen LogP contribution >= 0.6 is 0 Å². The lowest BCUT2D eigenvalue weighted by Crippen LogP contribution is -2.50. The van der Waals surface area contributed by atoms with Crippen molar-refractivity contribution in [3.8, 4) is 0 Å². The first kappa shape index (κ1) is 13.8. The number of nitrogens with one attached hydrogen (secondary N) is 1. The summed E-state index contributed by atoms with van der Waals surface area (Å²) in [5.74, 6) is 0.284. The lowest BCUT2D eigenvalue weighted by Gasteiger charge is -2.34. The van der Waals surface area contributed by atoms with E-state index in [4.69, 9.17) is 0 Å². The maximum absolute atomic E-state index is 11.4. The van der Waals surface area contributed by atoms with Gasteiger partial charge in [-0.1, -0.05) is 0 Å². The number of piperidine rings is 1. The van der Waals surface area contributed by atoms with Gasteiger partial charge >= 0.3 is 0 Å². The van der Waals surface area contributed by atoms with E-state index < -0.39 is 0 Å². The highest BCUT2D eigenvalue weighted by Gasteiger charge is 2.22. The zero-order valence-electron chi connectivity index (χ0n) is 11.7. The molecule has 2 heterocycles. The van der Waals surface area contributed by atoms with E-state index in [0.29, 0.717) is 12.5 Å². The molecule has 2 saturated heterocycles. The monoisotopic (exact) mass is 254 g/mol. The van der Waals surface area contributed by atoms with Crippen LogP contribution in [-0.4, -0.2) is 86.6 Å². The molecule has 0 saturated carbocycles. The standard InChI is InChI=1S/C13H26N4O/c1-15-7-9-17(10-8-15)6-5-14-12-3-4-13(18)16(2)11-12/h12,14H,3-11H2,1-2H3. The molecule has 0 aromatic rings. The van der Waals surface area contributed by atoms with E-state index in [-0.39, 0.29) is 5.91 Å². The van der Waals surface area contributed by atoms with Crippen molar-refractivity contribution < 1.29 is 4.79 Å². The largest absolute Gasteiger partial charge is 0.344 e. The van der Waals surface area contributed by atoms with E-state index in [1.165, 1.54) is 26.2 Å². The van der Waals surface area contributed by atoms with Gasteiger partial charge in [0.1, 0.15) is 0 Å². The molecule has 0 aliphatic carbocycles. The number of hydrogen-bond donors (Lipinski definition) is 1. The zero-order valence-corrected chi connectivity index (χ0v) is 11.7. The van der Waals surface area contributed by atoms with Crippen molar-refractivity contribution >= 4 is 5.91 Å². The van der Waals surface area contributed by atoms with Crippen molar-refractivity contribution in [2.75, 3.05) is 59.9 Å². The second kappa shape index (κ2) is 6.50. The molecule has 0 bridgehead atoms. The summed E-state index contributed by atoms with van der Waals surface area (Å²) in [6.45, 7) is 7.75. The number of rotatable bonds is 4. The molecule has 0 aromatic heterocycles.